The summed E-state index contributed by atoms with van der Waals surface area (Å²) in [4.78, 5) is 90.8. The van der Waals surface area contributed by atoms with Crippen molar-refractivity contribution in [2.24, 2.45) is 0 Å². The molecule has 0 spiro atoms. The molecule has 2 heterocycles. The van der Waals surface area contributed by atoms with Crippen LogP contribution in [0, 0.1) is 0 Å². The average Bonchev–Trinajstić information content (AvgIpc) is 2.82. The number of phosphoric acid groups is 3. The number of aromatic nitrogens is 2. The first kappa shape index (κ1) is 37.1. The minimum absolute atomic E-state index is 0. The summed E-state index contributed by atoms with van der Waals surface area (Å²) < 4.78 is 32.8. The number of carbonyl (C=O) groups is 1. The summed E-state index contributed by atoms with van der Waals surface area (Å²) in [5.74, 6) is -0.219. The Hall–Kier alpha value is -1.44. The smallest absolute Gasteiger partial charge is 0.388 e. The Labute approximate surface area is 190 Å². The van der Waals surface area contributed by atoms with Crippen molar-refractivity contribution in [3.63, 3.8) is 0 Å². The van der Waals surface area contributed by atoms with Crippen molar-refractivity contribution in [1.29, 1.82) is 0 Å². The maximum atomic E-state index is 11.7. The summed E-state index contributed by atoms with van der Waals surface area (Å²) in [5, 5.41) is 21.3. The number of nitrogens with one attached hydrogen (secondary N) is 1. The molecule has 2 rings (SSSR count). The average molecular weight is 565 g/mol. The molecule has 1 aromatic heterocycles. The van der Waals surface area contributed by atoms with Crippen molar-refractivity contribution >= 4 is 35.2 Å². The molecular weight excluding hydrogens is 539 g/mol. The van der Waals surface area contributed by atoms with E-state index in [2.05, 4.69) is 10.3 Å². The third-order valence-corrected chi connectivity index (χ3v) is 2.53. The van der Waals surface area contributed by atoms with Crippen LogP contribution in [0.2, 0.25) is 0 Å². The van der Waals surface area contributed by atoms with Crippen molar-refractivity contribution in [3.05, 3.63) is 22.7 Å². The van der Waals surface area contributed by atoms with Gasteiger partial charge in [-0.2, -0.15) is 4.98 Å². The predicted molar refractivity (Wildman–Crippen MR) is 109 cm³/mol. The molecule has 0 aliphatic carbocycles. The molecule has 202 valence electrons. The van der Waals surface area contributed by atoms with Gasteiger partial charge in [0.15, 0.2) is 6.23 Å². The van der Waals surface area contributed by atoms with E-state index in [9.17, 15) is 19.8 Å². The standard InChI is InChI=1S/C10H13N3O5.CH4.3H3O4P/c1-5(14)11-7-2-3-13(10(17)12-7)9-8(16)6(15)4-18-9;;3*1-5(2,3)4/h2-3,6,8-9,15-16H,4H2,1H3,(H,11,12,14,17);1H4;3*(H3,1,2,3,4)/t6-,8+,9+;;;;/m0..../s1. The third kappa shape index (κ3) is 25.2. The zero-order chi connectivity index (χ0) is 26.8. The van der Waals surface area contributed by atoms with Crippen molar-refractivity contribution in [3.8, 4) is 0 Å². The molecule has 0 radical (unpaired) electrons. The van der Waals surface area contributed by atoms with E-state index in [1.165, 1.54) is 19.2 Å². The molecule has 0 unspecified atom stereocenters. The van der Waals surface area contributed by atoms with Gasteiger partial charge < -0.3 is 64.3 Å². The van der Waals surface area contributed by atoms with Crippen LogP contribution >= 0.6 is 23.5 Å². The molecule has 0 aromatic carbocycles. The second-order valence-electron chi connectivity index (χ2n) is 5.51. The molecule has 1 amide bonds. The lowest BCUT2D eigenvalue weighted by molar-refractivity contribution is -0.114. The van der Waals surface area contributed by atoms with Crippen LogP contribution in [-0.4, -0.2) is 88.5 Å². The highest BCUT2D eigenvalue weighted by molar-refractivity contribution is 7.45. The minimum Gasteiger partial charge on any atom is -0.388 e. The maximum absolute atomic E-state index is 11.7. The fraction of sp³-hybridized carbons (Fsp3) is 0.545. The van der Waals surface area contributed by atoms with E-state index in [1.807, 2.05) is 0 Å². The Kier molecular flexibility index (Phi) is 17.0. The van der Waals surface area contributed by atoms with Crippen LogP contribution in [0.1, 0.15) is 20.6 Å². The van der Waals surface area contributed by atoms with Crippen LogP contribution in [0.4, 0.5) is 5.82 Å². The largest absolute Gasteiger partial charge is 0.466 e. The quantitative estimate of drug-likeness (QED) is 0.153. The van der Waals surface area contributed by atoms with Crippen LogP contribution < -0.4 is 11.0 Å². The van der Waals surface area contributed by atoms with Gasteiger partial charge >= 0.3 is 29.2 Å². The van der Waals surface area contributed by atoms with Gasteiger partial charge in [-0.15, -0.1) is 0 Å². The van der Waals surface area contributed by atoms with Gasteiger partial charge in [0.1, 0.15) is 18.0 Å². The molecule has 1 aromatic rings. The molecule has 20 nitrogen and oxygen atoms in total. The van der Waals surface area contributed by atoms with E-state index in [1.54, 1.807) is 0 Å². The molecular formula is C11H26N3O17P3. The summed E-state index contributed by atoms with van der Waals surface area (Å²) in [5.41, 5.74) is -0.681. The number of amides is 1. The minimum atomic E-state index is -4.64. The van der Waals surface area contributed by atoms with Crippen LogP contribution in [0.25, 0.3) is 0 Å². The number of nitrogens with zero attached hydrogens (tertiary/aromatic N) is 2. The van der Waals surface area contributed by atoms with Crippen molar-refractivity contribution in [2.75, 3.05) is 11.9 Å². The van der Waals surface area contributed by atoms with Gasteiger partial charge in [0.25, 0.3) is 0 Å². The first-order chi connectivity index (χ1) is 14.5. The molecule has 1 aliphatic rings. The lowest BCUT2D eigenvalue weighted by Crippen LogP contribution is -2.35. The second kappa shape index (κ2) is 15.5. The van der Waals surface area contributed by atoms with Gasteiger partial charge in [-0.25, -0.2) is 18.5 Å². The fourth-order valence-corrected chi connectivity index (χ4v) is 1.69. The predicted octanol–water partition coefficient (Wildman–Crippen LogP) is -3.70. The fourth-order valence-electron chi connectivity index (χ4n) is 1.69. The van der Waals surface area contributed by atoms with E-state index in [-0.39, 0.29) is 25.8 Å². The molecule has 1 saturated heterocycles. The normalized spacial score (nSPS) is 19.6. The highest BCUT2D eigenvalue weighted by Gasteiger charge is 2.36. The van der Waals surface area contributed by atoms with Crippen molar-refractivity contribution in [2.45, 2.75) is 32.8 Å². The Morgan fingerprint density at radius 2 is 1.38 bits per heavy atom. The van der Waals surface area contributed by atoms with Crippen molar-refractivity contribution < 1.29 is 77.5 Å². The van der Waals surface area contributed by atoms with Crippen LogP contribution in [-0.2, 0) is 23.2 Å². The summed E-state index contributed by atoms with van der Waals surface area (Å²) in [7, 11) is -13.9. The molecule has 0 saturated carbocycles. The van der Waals surface area contributed by atoms with Crippen molar-refractivity contribution in [1.82, 2.24) is 9.55 Å². The number of rotatable bonds is 2. The monoisotopic (exact) mass is 565 g/mol. The molecule has 12 N–H and O–H groups in total. The summed E-state index contributed by atoms with van der Waals surface area (Å²) in [6, 6.07) is 1.41. The molecule has 1 aliphatic heterocycles. The van der Waals surface area contributed by atoms with Gasteiger partial charge in [-0.3, -0.25) is 9.36 Å². The van der Waals surface area contributed by atoms with Gasteiger partial charge in [0, 0.05) is 13.1 Å². The van der Waals surface area contributed by atoms with Gasteiger partial charge in [0.05, 0.1) is 6.61 Å². The lowest BCUT2D eigenvalue weighted by Gasteiger charge is -2.17. The molecule has 3 atom stereocenters. The Morgan fingerprint density at radius 1 is 1.00 bits per heavy atom. The Bertz CT molecular complexity index is 879. The number of aliphatic hydroxyl groups excluding tert-OH is 2. The van der Waals surface area contributed by atoms with Gasteiger partial charge in [-0.1, -0.05) is 7.43 Å². The number of aliphatic hydroxyl groups is 2. The van der Waals surface area contributed by atoms with Crippen LogP contribution in [0.15, 0.2) is 17.1 Å². The summed E-state index contributed by atoms with van der Waals surface area (Å²) in [6.07, 6.45) is -1.84. The van der Waals surface area contributed by atoms with Crippen LogP contribution in [0.3, 0.4) is 0 Å². The summed E-state index contributed by atoms with van der Waals surface area (Å²) in [6.45, 7) is 1.25. The molecule has 1 fully saturated rings. The van der Waals surface area contributed by atoms with E-state index in [0.717, 1.165) is 4.57 Å². The van der Waals surface area contributed by atoms with Gasteiger partial charge in [0.2, 0.25) is 5.91 Å². The first-order valence-corrected chi connectivity index (χ1v) is 12.4. The lowest BCUT2D eigenvalue weighted by atomic mass is 10.2. The number of carbonyl (C=O) groups excluding carboxylic acids is 1. The van der Waals surface area contributed by atoms with E-state index < -0.39 is 47.6 Å². The number of hydrogen-bond acceptors (Lipinski definition) is 9. The highest BCUT2D eigenvalue weighted by Crippen LogP contribution is 2.26. The van der Waals surface area contributed by atoms with Crippen LogP contribution in [0.5, 0.6) is 0 Å². The zero-order valence-electron chi connectivity index (χ0n) is 16.2. The zero-order valence-corrected chi connectivity index (χ0v) is 18.9. The number of anilines is 1. The first-order valence-electron chi connectivity index (χ1n) is 7.68. The number of hydrogen-bond donors (Lipinski definition) is 12. The van der Waals surface area contributed by atoms with E-state index >= 15 is 0 Å². The van der Waals surface area contributed by atoms with E-state index in [4.69, 9.17) is 62.5 Å². The summed E-state index contributed by atoms with van der Waals surface area (Å²) >= 11 is 0. The third-order valence-electron chi connectivity index (χ3n) is 2.53. The Balaban J connectivity index is -0.000000496. The SMILES string of the molecule is C.CC(=O)Nc1ccn([C@@H]2OC[C@H](O)[C@H]2O)c(=O)n1.O=P(O)(O)O.O=P(O)(O)O.O=P(O)(O)O. The number of ether oxygens (including phenoxy) is 1. The second-order valence-corrected chi connectivity index (χ2v) is 8.59. The topological polar surface area (TPSA) is 347 Å². The van der Waals surface area contributed by atoms with Gasteiger partial charge in [-0.05, 0) is 6.07 Å². The highest BCUT2D eigenvalue weighted by atomic mass is 31.2. The van der Waals surface area contributed by atoms with E-state index in [0.29, 0.717) is 0 Å². The molecule has 0 bridgehead atoms. The maximum Gasteiger partial charge on any atom is 0.466 e. The Morgan fingerprint density at radius 3 is 1.65 bits per heavy atom. The molecule has 34 heavy (non-hydrogen) atoms. The molecule has 23 heteroatoms.